The highest BCUT2D eigenvalue weighted by Gasteiger charge is 2.36. The van der Waals surface area contributed by atoms with E-state index in [9.17, 15) is 28.8 Å². The zero-order valence-corrected chi connectivity index (χ0v) is 79.0. The summed E-state index contributed by atoms with van der Waals surface area (Å²) in [4.78, 5) is 105. The van der Waals surface area contributed by atoms with Crippen molar-refractivity contribution in [2.45, 2.75) is 154 Å². The van der Waals surface area contributed by atoms with Crippen LogP contribution in [0.5, 0.6) is 0 Å². The third kappa shape index (κ3) is 27.2. The number of nitrogens with two attached hydrogens (primary N) is 8. The van der Waals surface area contributed by atoms with E-state index in [-0.39, 0.29) is 65.0 Å². The predicted octanol–water partition coefficient (Wildman–Crippen LogP) is 18.6. The predicted molar refractivity (Wildman–Crippen MR) is 545 cm³/mol. The minimum Gasteiger partial charge on any atom is -0.444 e. The van der Waals surface area contributed by atoms with E-state index in [0.717, 1.165) is 161 Å². The van der Waals surface area contributed by atoms with E-state index >= 15 is 0 Å². The van der Waals surface area contributed by atoms with Crippen LogP contribution in [0.15, 0.2) is 205 Å². The molecule has 17 N–H and O–H groups in total. The highest BCUT2D eigenvalue weighted by atomic mass is 35.5. The summed E-state index contributed by atoms with van der Waals surface area (Å²) in [6.45, 7) is 7.69. The molecule has 24 nitrogen and oxygen atoms in total. The number of pyridine rings is 4. The second-order valence-electron chi connectivity index (χ2n) is 35.9. The van der Waals surface area contributed by atoms with Gasteiger partial charge in [0.25, 0.3) is 5.91 Å². The summed E-state index contributed by atoms with van der Waals surface area (Å²) in [6, 6.07) is 52.0. The fourth-order valence-electron chi connectivity index (χ4n) is 17.0. The van der Waals surface area contributed by atoms with Crippen LogP contribution in [-0.2, 0) is 9.53 Å². The molecule has 0 bridgehead atoms. The first kappa shape index (κ1) is 97.9. The fourth-order valence-corrected chi connectivity index (χ4v) is 17.7. The van der Waals surface area contributed by atoms with E-state index in [0.29, 0.717) is 146 Å². The summed E-state index contributed by atoms with van der Waals surface area (Å²) in [6.07, 6.45) is 21.1. The van der Waals surface area contributed by atoms with Gasteiger partial charge in [-0.1, -0.05) is 154 Å². The highest BCUT2D eigenvalue weighted by molar-refractivity contribution is 6.32. The lowest BCUT2D eigenvalue weighted by Gasteiger charge is -2.35. The Morgan fingerprint density at radius 3 is 0.985 bits per heavy atom. The minimum absolute atomic E-state index is 0.0149. The van der Waals surface area contributed by atoms with Crippen LogP contribution in [0.1, 0.15) is 216 Å². The second kappa shape index (κ2) is 45.3. The van der Waals surface area contributed by atoms with E-state index in [1.165, 1.54) is 0 Å². The van der Waals surface area contributed by atoms with Crippen LogP contribution in [-0.4, -0.2) is 127 Å². The number of alkyl carbamates (subject to hydrolysis) is 1. The van der Waals surface area contributed by atoms with Crippen LogP contribution < -0.4 is 51.2 Å². The van der Waals surface area contributed by atoms with Crippen molar-refractivity contribution < 1.29 is 33.5 Å². The molecule has 5 aliphatic rings. The molecule has 4 aromatic heterocycles. The average Bonchev–Trinajstić information content (AvgIpc) is 1.65. The third-order valence-electron chi connectivity index (χ3n) is 24.6. The number of ether oxygens (including phenoxy) is 1. The number of halogens is 4. The molecule has 0 atom stereocenters. The Labute approximate surface area is 811 Å². The molecule has 28 heteroatoms. The molecule has 694 valence electrons. The Morgan fingerprint density at radius 2 is 0.684 bits per heavy atom. The number of hydrogen-bond donors (Lipinski definition) is 9. The number of anilines is 4. The Hall–Kier alpha value is -14.1. The molecule has 12 aromatic rings. The number of hydrogen-bond acceptors (Lipinski definition) is 18. The van der Waals surface area contributed by atoms with Gasteiger partial charge in [0, 0.05) is 190 Å². The summed E-state index contributed by atoms with van der Waals surface area (Å²) in [5, 5.41) is 12.0. The molecule has 1 aliphatic heterocycles. The van der Waals surface area contributed by atoms with Crippen molar-refractivity contribution in [3.63, 3.8) is 0 Å². The number of guanidine groups is 2. The summed E-state index contributed by atoms with van der Waals surface area (Å²) in [5.74, 6) is 28.6. The van der Waals surface area contributed by atoms with E-state index < -0.39 is 11.7 Å². The number of nitrogens with one attached hydrogen (secondary N) is 1. The van der Waals surface area contributed by atoms with Crippen molar-refractivity contribution in [3.05, 3.63) is 281 Å². The van der Waals surface area contributed by atoms with Crippen LogP contribution in [0.4, 0.5) is 28.1 Å². The van der Waals surface area contributed by atoms with E-state index in [1.54, 1.807) is 69.8 Å². The SMILES string of the molecule is CC(C)(C)OC(=O)NC(N)=NC1CCC(CC(=O)c2ccc(C#Cc3c(N)ncc4ccc(Cl)cc34)cc2)CC1.NC(N)=NC1CCC(CC(=O)c2ccc(C#Cc3c(N)ncc4ccc(Cl)cc34)cc2)CC1.Nc1ncc2ccc(Cl)cc2c1C#Cc1ccc(C(=O)CC2CCC(N)CC2)cc1.Nc1ncc2ccc(Cl)cc2c1C#Cc1ccc(C(=O)N2CCN(C(=O)C3CC3)CC2)cc1. The zero-order valence-electron chi connectivity index (χ0n) is 75.9. The molecular weight excluding hydrogens is 1790 g/mol. The standard InChI is InChI=1S/C31H34ClN5O3.C26H26ClN5O.C26H23ClN4O2.C25H24ClN3O/c1-31(2,3)40-30(39)37-29(34)36-24-13-6-20(7-14-24)16-27(38)21-9-4-19(5-10-21)8-15-25-26-17-23(32)12-11-22(26)18-35-28(25)33;27-20-9-8-19-15-31-25(28)22(23(19)14-20)12-5-16-1-6-18(7-2-16)24(33)13-17-3-10-21(11-4-17)32-26(29)30;27-21-9-8-20-16-29-24(28)22(23(20)15-21)10-3-17-1-4-18(5-2-17)25(32)30-11-13-31(14-12-30)26(33)19-6-7-19;26-20-9-8-19-15-29-25(28)22(23(19)14-20)12-5-16-1-6-18(7-2-16)24(30)13-17-3-10-21(27)11-4-17/h4-5,9-12,17-18,20,24H,6-7,13-14,16H2,1-3H3,(H2,33,35)(H3,34,36,37,39);1-2,6-9,14-15,17,21H,3-4,10-11,13H2,(H2,28,31)(H4,29,30,32);1-2,4-5,8-9,15-16,19H,6-7,11-14H2,(H2,28,29);1-2,6-9,14-15,17,21H,3-4,10-11,13,27H2,(H2,28,29). The van der Waals surface area contributed by atoms with Crippen molar-refractivity contribution >= 4 is 160 Å². The Bertz CT molecular complexity index is 6800. The molecule has 8 aromatic carbocycles. The Kier molecular flexibility index (Phi) is 32.6. The van der Waals surface area contributed by atoms with Crippen molar-refractivity contribution in [1.29, 1.82) is 0 Å². The molecule has 4 aliphatic carbocycles. The lowest BCUT2D eigenvalue weighted by Crippen LogP contribution is -2.51. The summed E-state index contributed by atoms with van der Waals surface area (Å²) < 4.78 is 5.20. The molecule has 1 saturated heterocycles. The number of carbonyl (C=O) groups excluding carboxylic acids is 6. The topological polar surface area (TPSA) is 415 Å². The van der Waals surface area contributed by atoms with Crippen molar-refractivity contribution in [3.8, 4) is 47.4 Å². The number of ketones is 3. The van der Waals surface area contributed by atoms with E-state index in [4.69, 9.17) is 97.0 Å². The third-order valence-corrected chi connectivity index (χ3v) is 25.6. The molecule has 0 unspecified atom stereocenters. The normalized spacial score (nSPS) is 17.4. The molecular formula is C108H107Cl4N17O7. The minimum atomic E-state index is -0.621. The van der Waals surface area contributed by atoms with Gasteiger partial charge in [0.05, 0.1) is 34.3 Å². The number of Topliss-reactive ketones (excluding diaryl/α,β-unsaturated/α-hetero) is 3. The monoisotopic (exact) mass is 1890 g/mol. The first-order valence-corrected chi connectivity index (χ1v) is 47.0. The molecule has 3 amide bonds. The first-order valence-electron chi connectivity index (χ1n) is 45.5. The molecule has 17 rings (SSSR count). The molecule has 5 fully saturated rings. The van der Waals surface area contributed by atoms with Gasteiger partial charge in [0.15, 0.2) is 29.3 Å². The van der Waals surface area contributed by atoms with Crippen LogP contribution in [0.3, 0.4) is 0 Å². The number of aliphatic imine (C=N–C) groups is 2. The maximum atomic E-state index is 12.9. The number of fused-ring (bicyclic) bond motifs is 4. The quantitative estimate of drug-likeness (QED) is 0.0224. The fraction of sp³-hybridized carbons (Fsp3) is 0.296. The van der Waals surface area contributed by atoms with Gasteiger partial charge in [-0.2, -0.15) is 0 Å². The van der Waals surface area contributed by atoms with Gasteiger partial charge < -0.3 is 60.4 Å². The van der Waals surface area contributed by atoms with E-state index in [1.807, 2.05) is 155 Å². The Balaban J connectivity index is 0.000000146. The molecule has 0 spiro atoms. The van der Waals surface area contributed by atoms with Gasteiger partial charge in [-0.25, -0.2) is 29.7 Å². The van der Waals surface area contributed by atoms with Crippen molar-refractivity contribution in [2.24, 2.45) is 56.6 Å². The van der Waals surface area contributed by atoms with Crippen LogP contribution in [0, 0.1) is 71.0 Å². The van der Waals surface area contributed by atoms with Crippen molar-refractivity contribution in [1.82, 2.24) is 35.1 Å². The maximum absolute atomic E-state index is 12.9. The molecule has 4 saturated carbocycles. The summed E-state index contributed by atoms with van der Waals surface area (Å²) in [7, 11) is 0. The lowest BCUT2D eigenvalue weighted by atomic mass is 9.82. The number of benzene rings is 8. The van der Waals surface area contributed by atoms with Gasteiger partial charge in [-0.15, -0.1) is 0 Å². The van der Waals surface area contributed by atoms with Gasteiger partial charge in [0.1, 0.15) is 28.9 Å². The maximum Gasteiger partial charge on any atom is 0.414 e. The zero-order chi connectivity index (χ0) is 96.3. The number of nitrogen functional groups attached to an aromatic ring is 4. The number of nitrogens with zero attached hydrogens (tertiary/aromatic N) is 8. The number of piperazine rings is 1. The average molecular weight is 1900 g/mol. The smallest absolute Gasteiger partial charge is 0.414 e. The van der Waals surface area contributed by atoms with Crippen LogP contribution in [0.25, 0.3) is 43.1 Å². The van der Waals surface area contributed by atoms with Gasteiger partial charge in [-0.3, -0.25) is 34.3 Å². The van der Waals surface area contributed by atoms with Gasteiger partial charge in [-0.05, 0) is 238 Å². The number of amides is 3. The molecule has 5 heterocycles. The molecule has 0 radical (unpaired) electrons. The van der Waals surface area contributed by atoms with Crippen LogP contribution >= 0.6 is 46.4 Å². The lowest BCUT2D eigenvalue weighted by molar-refractivity contribution is -0.134. The highest BCUT2D eigenvalue weighted by Crippen LogP contribution is 2.36. The Morgan fingerprint density at radius 1 is 0.390 bits per heavy atom. The summed E-state index contributed by atoms with van der Waals surface area (Å²) in [5.41, 5.74) is 54.8. The first-order chi connectivity index (χ1) is 65.3. The van der Waals surface area contributed by atoms with Gasteiger partial charge in [0.2, 0.25) is 5.91 Å². The summed E-state index contributed by atoms with van der Waals surface area (Å²) >= 11 is 24.6. The van der Waals surface area contributed by atoms with Crippen molar-refractivity contribution in [2.75, 3.05) is 49.1 Å². The van der Waals surface area contributed by atoms with Gasteiger partial charge >= 0.3 is 6.09 Å². The molecule has 136 heavy (non-hydrogen) atoms. The second-order valence-corrected chi connectivity index (χ2v) is 37.7. The van der Waals surface area contributed by atoms with E-state index in [2.05, 4.69) is 82.6 Å². The number of aromatic nitrogens is 4. The number of rotatable bonds is 13. The largest absolute Gasteiger partial charge is 0.444 e. The number of carbonyl (C=O) groups is 6. The van der Waals surface area contributed by atoms with Crippen LogP contribution in [0.2, 0.25) is 20.1 Å².